The van der Waals surface area contributed by atoms with Gasteiger partial charge in [0, 0.05) is 0 Å². The Morgan fingerprint density at radius 2 is 1.80 bits per heavy atom. The van der Waals surface area contributed by atoms with E-state index in [1.165, 1.54) is 6.42 Å². The molecule has 0 aromatic heterocycles. The van der Waals surface area contributed by atoms with Crippen LogP contribution in [0.3, 0.4) is 0 Å². The maximum atomic E-state index is 12.3. The van der Waals surface area contributed by atoms with Crippen LogP contribution in [0.15, 0.2) is 0 Å². The highest BCUT2D eigenvalue weighted by atomic mass is 19.1. The number of alkyl halides is 1. The van der Waals surface area contributed by atoms with Crippen LogP contribution in [0, 0.1) is 5.92 Å². The van der Waals surface area contributed by atoms with Gasteiger partial charge in [-0.25, -0.2) is 4.39 Å². The third-order valence-corrected chi connectivity index (χ3v) is 1.76. The van der Waals surface area contributed by atoms with Gasteiger partial charge in [-0.2, -0.15) is 0 Å². The molecule has 1 heteroatoms. The molecule has 1 aliphatic rings. The van der Waals surface area contributed by atoms with E-state index < -0.39 is 6.17 Å². The van der Waals surface area contributed by atoms with Crippen molar-refractivity contribution in [3.05, 3.63) is 0 Å². The van der Waals surface area contributed by atoms with Gasteiger partial charge in [-0.05, 0) is 18.8 Å². The van der Waals surface area contributed by atoms with E-state index in [0.717, 1.165) is 19.3 Å². The van der Waals surface area contributed by atoms with Crippen LogP contribution in [0.4, 0.5) is 4.39 Å². The van der Waals surface area contributed by atoms with E-state index in [2.05, 4.69) is 13.8 Å². The molecule has 0 saturated heterocycles. The Hall–Kier alpha value is -0.0700. The van der Waals surface area contributed by atoms with Gasteiger partial charge in [0.2, 0.25) is 0 Å². The van der Waals surface area contributed by atoms with Crippen molar-refractivity contribution in [2.24, 2.45) is 5.92 Å². The lowest BCUT2D eigenvalue weighted by atomic mass is 10.1. The molecule has 62 valence electrons. The van der Waals surface area contributed by atoms with Crippen LogP contribution in [-0.2, 0) is 0 Å². The van der Waals surface area contributed by atoms with E-state index >= 15 is 0 Å². The summed E-state index contributed by atoms with van der Waals surface area (Å²) < 4.78 is 12.3. The summed E-state index contributed by atoms with van der Waals surface area (Å²) in [4.78, 5) is 0. The summed E-state index contributed by atoms with van der Waals surface area (Å²) in [5.74, 6) is 0.347. The minimum atomic E-state index is -0.486. The predicted octanol–water partition coefficient (Wildman–Crippen LogP) is 3.56. The summed E-state index contributed by atoms with van der Waals surface area (Å²) in [7, 11) is 0. The molecular weight excluding hydrogens is 127 g/mol. The van der Waals surface area contributed by atoms with Crippen LogP contribution in [0.2, 0.25) is 0 Å². The van der Waals surface area contributed by atoms with E-state index in [1.807, 2.05) is 6.92 Å². The number of hydrogen-bond acceptors (Lipinski definition) is 0. The first kappa shape index (κ1) is 9.93. The zero-order valence-electron chi connectivity index (χ0n) is 7.36. The molecule has 0 spiro atoms. The lowest BCUT2D eigenvalue weighted by Gasteiger charge is -2.00. The zero-order valence-corrected chi connectivity index (χ0v) is 7.36. The second-order valence-electron chi connectivity index (χ2n) is 3.13. The van der Waals surface area contributed by atoms with Gasteiger partial charge in [0.05, 0.1) is 0 Å². The molecule has 2 unspecified atom stereocenters. The fourth-order valence-corrected chi connectivity index (χ4v) is 1.10. The summed E-state index contributed by atoms with van der Waals surface area (Å²) in [6, 6.07) is 0. The number of hydrogen-bond donors (Lipinski definition) is 0. The smallest absolute Gasteiger partial charge is 0.103 e. The SMILES string of the molecule is CC1CCCC1F.CCC. The Balaban J connectivity index is 0.000000236. The average molecular weight is 146 g/mol. The van der Waals surface area contributed by atoms with Crippen molar-refractivity contribution in [2.75, 3.05) is 0 Å². The van der Waals surface area contributed by atoms with Crippen molar-refractivity contribution in [1.29, 1.82) is 0 Å². The summed E-state index contributed by atoms with van der Waals surface area (Å²) in [6.07, 6.45) is 3.77. The molecular formula is C9H19F. The fourth-order valence-electron chi connectivity index (χ4n) is 1.10. The van der Waals surface area contributed by atoms with Crippen molar-refractivity contribution in [3.8, 4) is 0 Å². The second kappa shape index (κ2) is 5.70. The van der Waals surface area contributed by atoms with Crippen molar-refractivity contribution in [2.45, 2.75) is 52.6 Å². The van der Waals surface area contributed by atoms with Crippen LogP contribution in [-0.4, -0.2) is 6.17 Å². The summed E-state index contributed by atoms with van der Waals surface area (Å²) in [6.45, 7) is 6.23. The molecule has 0 aromatic rings. The van der Waals surface area contributed by atoms with Gasteiger partial charge in [-0.1, -0.05) is 33.6 Å². The predicted molar refractivity (Wildman–Crippen MR) is 43.9 cm³/mol. The summed E-state index contributed by atoms with van der Waals surface area (Å²) in [5, 5.41) is 0. The van der Waals surface area contributed by atoms with Crippen molar-refractivity contribution in [3.63, 3.8) is 0 Å². The third kappa shape index (κ3) is 3.86. The van der Waals surface area contributed by atoms with Gasteiger partial charge in [-0.3, -0.25) is 0 Å². The highest BCUT2D eigenvalue weighted by molar-refractivity contribution is 4.72. The molecule has 1 saturated carbocycles. The van der Waals surface area contributed by atoms with Gasteiger partial charge in [-0.15, -0.1) is 0 Å². The Labute approximate surface area is 63.8 Å². The Morgan fingerprint density at radius 1 is 1.30 bits per heavy atom. The summed E-state index contributed by atoms with van der Waals surface area (Å²) >= 11 is 0. The molecule has 0 radical (unpaired) electrons. The molecule has 0 aromatic carbocycles. The molecule has 2 atom stereocenters. The Morgan fingerprint density at radius 3 is 1.90 bits per heavy atom. The first-order valence-corrected chi connectivity index (χ1v) is 4.36. The normalized spacial score (nSPS) is 31.2. The van der Waals surface area contributed by atoms with Gasteiger partial charge in [0.15, 0.2) is 0 Å². The maximum absolute atomic E-state index is 12.3. The fraction of sp³-hybridized carbons (Fsp3) is 1.00. The van der Waals surface area contributed by atoms with Gasteiger partial charge in [0.1, 0.15) is 6.17 Å². The van der Waals surface area contributed by atoms with Crippen molar-refractivity contribution >= 4 is 0 Å². The first-order valence-electron chi connectivity index (χ1n) is 4.36. The van der Waals surface area contributed by atoms with Crippen LogP contribution in [0.5, 0.6) is 0 Å². The van der Waals surface area contributed by atoms with E-state index in [1.54, 1.807) is 0 Å². The lowest BCUT2D eigenvalue weighted by Crippen LogP contribution is -2.01. The van der Waals surface area contributed by atoms with Gasteiger partial charge in [0.25, 0.3) is 0 Å². The highest BCUT2D eigenvalue weighted by Gasteiger charge is 2.21. The lowest BCUT2D eigenvalue weighted by molar-refractivity contribution is 0.278. The van der Waals surface area contributed by atoms with Crippen LogP contribution >= 0.6 is 0 Å². The molecule has 0 amide bonds. The van der Waals surface area contributed by atoms with Crippen LogP contribution in [0.25, 0.3) is 0 Å². The Kier molecular flexibility index (Phi) is 5.66. The summed E-state index contributed by atoms with van der Waals surface area (Å²) in [5.41, 5.74) is 0. The minimum Gasteiger partial charge on any atom is -0.247 e. The van der Waals surface area contributed by atoms with E-state index in [-0.39, 0.29) is 0 Å². The van der Waals surface area contributed by atoms with Gasteiger partial charge < -0.3 is 0 Å². The van der Waals surface area contributed by atoms with E-state index in [0.29, 0.717) is 5.92 Å². The second-order valence-corrected chi connectivity index (χ2v) is 3.13. The molecule has 10 heavy (non-hydrogen) atoms. The van der Waals surface area contributed by atoms with Gasteiger partial charge >= 0.3 is 0 Å². The molecule has 0 N–H and O–H groups in total. The molecule has 0 aliphatic heterocycles. The molecule has 1 fully saturated rings. The monoisotopic (exact) mass is 146 g/mol. The van der Waals surface area contributed by atoms with Crippen molar-refractivity contribution in [1.82, 2.24) is 0 Å². The zero-order chi connectivity index (χ0) is 7.98. The maximum Gasteiger partial charge on any atom is 0.103 e. The van der Waals surface area contributed by atoms with Crippen LogP contribution in [0.1, 0.15) is 46.5 Å². The molecule has 1 rings (SSSR count). The molecule has 0 bridgehead atoms. The number of halogens is 1. The Bertz CT molecular complexity index is 63.1. The molecule has 1 aliphatic carbocycles. The standard InChI is InChI=1S/C6H11F.C3H8/c1-5-3-2-4-6(5)7;1-3-2/h5-6H,2-4H2,1H3;3H2,1-2H3. The minimum absolute atomic E-state index is 0.347. The molecule has 0 nitrogen and oxygen atoms in total. The van der Waals surface area contributed by atoms with Crippen LogP contribution < -0.4 is 0 Å². The molecule has 0 heterocycles. The first-order chi connectivity index (χ1) is 4.72. The quantitative estimate of drug-likeness (QED) is 0.490. The highest BCUT2D eigenvalue weighted by Crippen LogP contribution is 2.26. The topological polar surface area (TPSA) is 0 Å². The largest absolute Gasteiger partial charge is 0.247 e. The third-order valence-electron chi connectivity index (χ3n) is 1.76. The van der Waals surface area contributed by atoms with E-state index in [9.17, 15) is 4.39 Å². The number of rotatable bonds is 0. The average Bonchev–Trinajstić information content (AvgIpc) is 2.19. The van der Waals surface area contributed by atoms with E-state index in [4.69, 9.17) is 0 Å². The van der Waals surface area contributed by atoms with Crippen molar-refractivity contribution < 1.29 is 4.39 Å².